The van der Waals surface area contributed by atoms with Crippen LogP contribution in [0.25, 0.3) is 22.2 Å². The quantitative estimate of drug-likeness (QED) is 0.513. The highest BCUT2D eigenvalue weighted by Gasteiger charge is 2.09. The van der Waals surface area contributed by atoms with Crippen LogP contribution in [0, 0.1) is 0 Å². The second-order valence-electron chi connectivity index (χ2n) is 6.16. The zero-order valence-electron chi connectivity index (χ0n) is 14.0. The lowest BCUT2D eigenvalue weighted by atomic mass is 9.99. The number of carbonyl (C=O) groups is 1. The molecule has 0 amide bonds. The molecule has 6 heteroatoms. The summed E-state index contributed by atoms with van der Waals surface area (Å²) in [6.45, 7) is 0.608. The second kappa shape index (κ2) is 7.06. The van der Waals surface area contributed by atoms with Crippen molar-refractivity contribution in [1.82, 2.24) is 9.55 Å². The summed E-state index contributed by atoms with van der Waals surface area (Å²) in [7, 11) is 0. The zero-order chi connectivity index (χ0) is 19.0. The summed E-state index contributed by atoms with van der Waals surface area (Å²) >= 11 is 12.2. The number of rotatable bonds is 4. The molecule has 3 aromatic carbocycles. The number of aromatic carboxylic acids is 1. The average Bonchev–Trinajstić information content (AvgIpc) is 3.04. The largest absolute Gasteiger partial charge is 0.545 e. The van der Waals surface area contributed by atoms with E-state index in [0.717, 1.165) is 22.2 Å². The molecule has 0 bridgehead atoms. The van der Waals surface area contributed by atoms with Gasteiger partial charge in [-0.3, -0.25) is 0 Å². The third-order valence-electron chi connectivity index (χ3n) is 4.43. The maximum Gasteiger partial charge on any atom is 0.0961 e. The molecule has 0 spiro atoms. The van der Waals surface area contributed by atoms with Gasteiger partial charge in [-0.15, -0.1) is 0 Å². The summed E-state index contributed by atoms with van der Waals surface area (Å²) in [5.74, 6) is -1.19. The van der Waals surface area contributed by atoms with Crippen LogP contribution in [0.1, 0.15) is 15.9 Å². The molecule has 1 aromatic heterocycles. The van der Waals surface area contributed by atoms with Gasteiger partial charge in [-0.25, -0.2) is 4.98 Å². The normalized spacial score (nSPS) is 11.0. The Balaban J connectivity index is 1.64. The van der Waals surface area contributed by atoms with Gasteiger partial charge >= 0.3 is 0 Å². The van der Waals surface area contributed by atoms with Gasteiger partial charge in [0.05, 0.1) is 33.4 Å². The van der Waals surface area contributed by atoms with Crippen molar-refractivity contribution in [3.05, 3.63) is 88.2 Å². The lowest BCUT2D eigenvalue weighted by molar-refractivity contribution is -0.254. The summed E-state index contributed by atoms with van der Waals surface area (Å²) in [6, 6.07) is 18.1. The smallest absolute Gasteiger partial charge is 0.0961 e. The minimum Gasteiger partial charge on any atom is -0.545 e. The number of imidazole rings is 1. The van der Waals surface area contributed by atoms with Gasteiger partial charge in [0.15, 0.2) is 0 Å². The molecule has 0 radical (unpaired) electrons. The van der Waals surface area contributed by atoms with E-state index >= 15 is 0 Å². The van der Waals surface area contributed by atoms with Gasteiger partial charge < -0.3 is 14.5 Å². The molecule has 0 saturated carbocycles. The number of nitrogens with zero attached hydrogens (tertiary/aromatic N) is 2. The van der Waals surface area contributed by atoms with Crippen molar-refractivity contribution in [3.8, 4) is 11.1 Å². The maximum absolute atomic E-state index is 11.3. The molecule has 0 aliphatic carbocycles. The number of carbonyl (C=O) groups excluding carboxylic acids is 1. The van der Waals surface area contributed by atoms with E-state index in [2.05, 4.69) is 4.98 Å². The van der Waals surface area contributed by atoms with Crippen LogP contribution in [0.4, 0.5) is 0 Å². The SMILES string of the molecule is O=C([O-])c1ccccc1-c1ccc(Cn2cnc3cc(Cl)c(Cl)cc32)cc1. The fourth-order valence-electron chi connectivity index (χ4n) is 3.08. The Morgan fingerprint density at radius 2 is 1.70 bits per heavy atom. The Hall–Kier alpha value is -2.82. The van der Waals surface area contributed by atoms with E-state index in [-0.39, 0.29) is 5.56 Å². The number of hydrogen-bond acceptors (Lipinski definition) is 3. The maximum atomic E-state index is 11.3. The van der Waals surface area contributed by atoms with Crippen LogP contribution in [-0.4, -0.2) is 15.5 Å². The Morgan fingerprint density at radius 3 is 2.44 bits per heavy atom. The topological polar surface area (TPSA) is 57.9 Å². The van der Waals surface area contributed by atoms with E-state index in [1.54, 1.807) is 36.7 Å². The predicted molar refractivity (Wildman–Crippen MR) is 105 cm³/mol. The van der Waals surface area contributed by atoms with Crippen LogP contribution in [0.5, 0.6) is 0 Å². The molecule has 4 aromatic rings. The van der Waals surface area contributed by atoms with Gasteiger partial charge in [-0.1, -0.05) is 71.7 Å². The number of fused-ring (bicyclic) bond motifs is 1. The highest BCUT2D eigenvalue weighted by atomic mass is 35.5. The fraction of sp³-hybridized carbons (Fsp3) is 0.0476. The Kier molecular flexibility index (Phi) is 4.60. The van der Waals surface area contributed by atoms with Crippen molar-refractivity contribution in [3.63, 3.8) is 0 Å². The van der Waals surface area contributed by atoms with Crippen molar-refractivity contribution in [2.75, 3.05) is 0 Å². The molecule has 0 atom stereocenters. The number of hydrogen-bond donors (Lipinski definition) is 0. The second-order valence-corrected chi connectivity index (χ2v) is 6.97. The number of halogens is 2. The first-order valence-electron chi connectivity index (χ1n) is 8.22. The summed E-state index contributed by atoms with van der Waals surface area (Å²) in [5.41, 5.74) is 4.37. The van der Waals surface area contributed by atoms with Gasteiger partial charge in [0.2, 0.25) is 0 Å². The minimum absolute atomic E-state index is 0.178. The van der Waals surface area contributed by atoms with Gasteiger partial charge in [0.1, 0.15) is 0 Å². The summed E-state index contributed by atoms with van der Waals surface area (Å²) < 4.78 is 1.99. The predicted octanol–water partition coefficient (Wildman–Crippen LogP) is 4.42. The number of carboxylic acid groups (broad SMARTS) is 1. The van der Waals surface area contributed by atoms with Crippen molar-refractivity contribution < 1.29 is 9.90 Å². The van der Waals surface area contributed by atoms with Gasteiger partial charge in [-0.2, -0.15) is 0 Å². The molecule has 134 valence electrons. The van der Waals surface area contributed by atoms with Crippen LogP contribution < -0.4 is 5.11 Å². The highest BCUT2D eigenvalue weighted by Crippen LogP contribution is 2.28. The zero-order valence-corrected chi connectivity index (χ0v) is 15.5. The molecule has 0 saturated heterocycles. The van der Waals surface area contributed by atoms with Crippen molar-refractivity contribution >= 4 is 40.2 Å². The monoisotopic (exact) mass is 395 g/mol. The molecule has 0 aliphatic heterocycles. The lowest BCUT2D eigenvalue weighted by Crippen LogP contribution is -2.22. The van der Waals surface area contributed by atoms with E-state index in [0.29, 0.717) is 22.2 Å². The van der Waals surface area contributed by atoms with Crippen LogP contribution in [0.15, 0.2) is 67.0 Å². The lowest BCUT2D eigenvalue weighted by Gasteiger charge is -2.11. The van der Waals surface area contributed by atoms with E-state index < -0.39 is 5.97 Å². The van der Waals surface area contributed by atoms with E-state index in [1.807, 2.05) is 34.9 Å². The minimum atomic E-state index is -1.19. The fourth-order valence-corrected chi connectivity index (χ4v) is 3.39. The molecule has 1 heterocycles. The van der Waals surface area contributed by atoms with Gasteiger partial charge in [0.25, 0.3) is 0 Å². The highest BCUT2D eigenvalue weighted by molar-refractivity contribution is 6.42. The van der Waals surface area contributed by atoms with Crippen LogP contribution >= 0.6 is 23.2 Å². The molecule has 4 nitrogen and oxygen atoms in total. The molecule has 0 N–H and O–H groups in total. The Morgan fingerprint density at radius 1 is 1.00 bits per heavy atom. The molecular formula is C21H13Cl2N2O2-. The van der Waals surface area contributed by atoms with Crippen molar-refractivity contribution in [1.29, 1.82) is 0 Å². The van der Waals surface area contributed by atoms with E-state index in [4.69, 9.17) is 23.2 Å². The first-order valence-corrected chi connectivity index (χ1v) is 8.98. The number of aromatic nitrogens is 2. The molecule has 27 heavy (non-hydrogen) atoms. The Bertz CT molecular complexity index is 1150. The summed E-state index contributed by atoms with van der Waals surface area (Å²) in [6.07, 6.45) is 1.75. The summed E-state index contributed by atoms with van der Waals surface area (Å²) in [4.78, 5) is 15.7. The third kappa shape index (κ3) is 3.42. The standard InChI is InChI=1S/C21H14Cl2N2O2/c22-17-9-19-20(10-18(17)23)25(12-24-19)11-13-5-7-14(8-6-13)15-3-1-2-4-16(15)21(26)27/h1-10,12H,11H2,(H,26,27)/p-1. The molecule has 4 rings (SSSR count). The summed E-state index contributed by atoms with van der Waals surface area (Å²) in [5, 5.41) is 12.3. The molecular weight excluding hydrogens is 383 g/mol. The van der Waals surface area contributed by atoms with Crippen molar-refractivity contribution in [2.45, 2.75) is 6.54 Å². The Labute approximate surface area is 165 Å². The van der Waals surface area contributed by atoms with Crippen LogP contribution in [0.2, 0.25) is 10.0 Å². The molecule has 0 fully saturated rings. The molecule has 0 unspecified atom stereocenters. The van der Waals surface area contributed by atoms with Crippen molar-refractivity contribution in [2.24, 2.45) is 0 Å². The van der Waals surface area contributed by atoms with E-state index in [9.17, 15) is 9.90 Å². The van der Waals surface area contributed by atoms with Gasteiger partial charge in [0, 0.05) is 12.1 Å². The number of benzene rings is 3. The van der Waals surface area contributed by atoms with Crippen LogP contribution in [-0.2, 0) is 6.54 Å². The van der Waals surface area contributed by atoms with Crippen LogP contribution in [0.3, 0.4) is 0 Å². The average molecular weight is 396 g/mol. The van der Waals surface area contributed by atoms with Gasteiger partial charge in [-0.05, 0) is 28.8 Å². The first kappa shape index (κ1) is 17.6. The first-order chi connectivity index (χ1) is 13.0. The molecule has 0 aliphatic rings. The third-order valence-corrected chi connectivity index (χ3v) is 5.15. The van der Waals surface area contributed by atoms with E-state index in [1.165, 1.54) is 0 Å². The number of carboxylic acids is 1.